The van der Waals surface area contributed by atoms with Crippen molar-refractivity contribution in [3.8, 4) is 11.5 Å². The average molecular weight is 560 g/mol. The first kappa shape index (κ1) is 25.6. The quantitative estimate of drug-likeness (QED) is 0.258. The van der Waals surface area contributed by atoms with Crippen LogP contribution in [0.2, 0.25) is 0 Å². The molecule has 0 saturated carbocycles. The van der Waals surface area contributed by atoms with Gasteiger partial charge in [-0.05, 0) is 36.2 Å². The minimum absolute atomic E-state index is 0. The zero-order chi connectivity index (χ0) is 22.2. The highest BCUT2D eigenvalue weighted by atomic mass is 127. The van der Waals surface area contributed by atoms with Crippen LogP contribution < -0.4 is 25.4 Å². The Labute approximate surface area is 203 Å². The SMILES string of the molecule is CCNC(=NCc1ccc(OC)c(OC(F)F)c1)NCC1CC(=O)Nc2ccccc21.I. The maximum Gasteiger partial charge on any atom is 0.387 e. The van der Waals surface area contributed by atoms with Gasteiger partial charge in [0.05, 0.1) is 13.7 Å². The van der Waals surface area contributed by atoms with Crippen molar-refractivity contribution >= 4 is 41.5 Å². The number of carbonyl (C=O) groups is 1. The molecule has 174 valence electrons. The first-order valence-corrected chi connectivity index (χ1v) is 10.0. The highest BCUT2D eigenvalue weighted by Crippen LogP contribution is 2.31. The van der Waals surface area contributed by atoms with Gasteiger partial charge in [0.15, 0.2) is 17.5 Å². The van der Waals surface area contributed by atoms with E-state index in [1.807, 2.05) is 31.2 Å². The van der Waals surface area contributed by atoms with Crippen molar-refractivity contribution in [2.75, 3.05) is 25.5 Å². The second kappa shape index (κ2) is 12.4. The lowest BCUT2D eigenvalue weighted by atomic mass is 9.90. The van der Waals surface area contributed by atoms with Gasteiger partial charge >= 0.3 is 6.61 Å². The van der Waals surface area contributed by atoms with Crippen molar-refractivity contribution in [3.05, 3.63) is 53.6 Å². The molecule has 0 bridgehead atoms. The number of rotatable bonds is 8. The number of amides is 1. The fourth-order valence-corrected chi connectivity index (χ4v) is 3.42. The molecule has 1 amide bonds. The summed E-state index contributed by atoms with van der Waals surface area (Å²) in [5.74, 6) is 0.761. The Kier molecular flexibility index (Phi) is 9.95. The van der Waals surface area contributed by atoms with Crippen LogP contribution in [0.3, 0.4) is 0 Å². The molecule has 32 heavy (non-hydrogen) atoms. The molecule has 0 aliphatic carbocycles. The summed E-state index contributed by atoms with van der Waals surface area (Å²) in [6.07, 6.45) is 0.385. The van der Waals surface area contributed by atoms with Crippen LogP contribution in [0.15, 0.2) is 47.5 Å². The van der Waals surface area contributed by atoms with E-state index in [4.69, 9.17) is 4.74 Å². The number of hydrogen-bond acceptors (Lipinski definition) is 4. The van der Waals surface area contributed by atoms with Gasteiger partial charge in [-0.3, -0.25) is 4.79 Å². The molecule has 3 rings (SSSR count). The van der Waals surface area contributed by atoms with Crippen molar-refractivity contribution < 1.29 is 23.0 Å². The Morgan fingerprint density at radius 1 is 1.22 bits per heavy atom. The Bertz CT molecular complexity index is 943. The van der Waals surface area contributed by atoms with E-state index in [0.29, 0.717) is 31.0 Å². The number of hydrogen-bond donors (Lipinski definition) is 3. The van der Waals surface area contributed by atoms with E-state index >= 15 is 0 Å². The van der Waals surface area contributed by atoms with Crippen LogP contribution in [-0.4, -0.2) is 38.7 Å². The third-order valence-electron chi connectivity index (χ3n) is 4.83. The second-order valence-corrected chi connectivity index (χ2v) is 6.98. The summed E-state index contributed by atoms with van der Waals surface area (Å²) < 4.78 is 34.9. The van der Waals surface area contributed by atoms with Crippen LogP contribution in [0, 0.1) is 0 Å². The van der Waals surface area contributed by atoms with Crippen LogP contribution in [0.25, 0.3) is 0 Å². The Morgan fingerprint density at radius 2 is 2.00 bits per heavy atom. The molecule has 10 heteroatoms. The molecule has 2 aromatic carbocycles. The zero-order valence-corrected chi connectivity index (χ0v) is 20.2. The number of ether oxygens (including phenoxy) is 2. The minimum Gasteiger partial charge on any atom is -0.493 e. The molecule has 0 aromatic heterocycles. The van der Waals surface area contributed by atoms with Gasteiger partial charge in [0.2, 0.25) is 5.91 Å². The van der Waals surface area contributed by atoms with E-state index in [1.165, 1.54) is 13.2 Å². The summed E-state index contributed by atoms with van der Waals surface area (Å²) in [7, 11) is 1.39. The van der Waals surface area contributed by atoms with E-state index in [9.17, 15) is 13.6 Å². The maximum atomic E-state index is 12.6. The number of methoxy groups -OCH3 is 1. The molecule has 0 radical (unpaired) electrons. The number of halogens is 3. The van der Waals surface area contributed by atoms with Crippen molar-refractivity contribution in [1.82, 2.24) is 10.6 Å². The molecule has 1 aliphatic rings. The summed E-state index contributed by atoms with van der Waals surface area (Å²) in [6, 6.07) is 12.5. The predicted molar refractivity (Wildman–Crippen MR) is 130 cm³/mol. The number of anilines is 1. The molecule has 1 atom stereocenters. The molecular weight excluding hydrogens is 533 g/mol. The summed E-state index contributed by atoms with van der Waals surface area (Å²) in [4.78, 5) is 16.5. The molecule has 1 heterocycles. The fraction of sp³-hybridized carbons (Fsp3) is 0.364. The molecule has 7 nitrogen and oxygen atoms in total. The first-order valence-electron chi connectivity index (χ1n) is 10.0. The summed E-state index contributed by atoms with van der Waals surface area (Å²) in [5.41, 5.74) is 2.60. The molecule has 2 aromatic rings. The lowest BCUT2D eigenvalue weighted by Crippen LogP contribution is -2.40. The Hall–Kier alpha value is -2.63. The molecule has 0 saturated heterocycles. The van der Waals surface area contributed by atoms with Crippen LogP contribution >= 0.6 is 24.0 Å². The fourth-order valence-electron chi connectivity index (χ4n) is 3.42. The van der Waals surface area contributed by atoms with Gasteiger partial charge in [0.1, 0.15) is 0 Å². The monoisotopic (exact) mass is 560 g/mol. The zero-order valence-electron chi connectivity index (χ0n) is 17.9. The third-order valence-corrected chi connectivity index (χ3v) is 4.83. The second-order valence-electron chi connectivity index (χ2n) is 6.98. The van der Waals surface area contributed by atoms with Gasteiger partial charge in [0.25, 0.3) is 0 Å². The standard InChI is InChI=1S/C22H26F2N4O3.HI/c1-3-25-22(26-12-14-8-9-18(30-2)19(10-14)31-21(23)24)27-13-15-11-20(29)28-17-7-5-4-6-16(15)17;/h4-10,15,21H,3,11-13H2,1-2H3,(H,28,29)(H2,25,26,27);1H. The number of aliphatic imine (C=N–C) groups is 1. The minimum atomic E-state index is -2.94. The molecular formula is C22H27F2IN4O3. The van der Waals surface area contributed by atoms with Crippen LogP contribution in [-0.2, 0) is 11.3 Å². The molecule has 3 N–H and O–H groups in total. The van der Waals surface area contributed by atoms with E-state index in [0.717, 1.165) is 11.3 Å². The number of benzene rings is 2. The molecule has 0 fully saturated rings. The summed E-state index contributed by atoms with van der Waals surface area (Å²) in [5, 5.41) is 9.32. The smallest absolute Gasteiger partial charge is 0.387 e. The highest BCUT2D eigenvalue weighted by Gasteiger charge is 2.24. The van der Waals surface area contributed by atoms with Crippen molar-refractivity contribution in [3.63, 3.8) is 0 Å². The van der Waals surface area contributed by atoms with Gasteiger partial charge in [-0.15, -0.1) is 24.0 Å². The first-order chi connectivity index (χ1) is 15.0. The van der Waals surface area contributed by atoms with Gasteiger partial charge < -0.3 is 25.4 Å². The Balaban J connectivity index is 0.00000363. The van der Waals surface area contributed by atoms with Crippen LogP contribution in [0.5, 0.6) is 11.5 Å². The van der Waals surface area contributed by atoms with Gasteiger partial charge in [-0.2, -0.15) is 8.78 Å². The number of nitrogens with one attached hydrogen (secondary N) is 3. The van der Waals surface area contributed by atoms with E-state index in [2.05, 4.69) is 25.7 Å². The largest absolute Gasteiger partial charge is 0.493 e. The summed E-state index contributed by atoms with van der Waals surface area (Å²) >= 11 is 0. The van der Waals surface area contributed by atoms with Crippen molar-refractivity contribution in [1.29, 1.82) is 0 Å². The Morgan fingerprint density at radius 3 is 2.72 bits per heavy atom. The van der Waals surface area contributed by atoms with Crippen molar-refractivity contribution in [2.45, 2.75) is 32.4 Å². The molecule has 1 aliphatic heterocycles. The lowest BCUT2D eigenvalue weighted by molar-refractivity contribution is -0.116. The van der Waals surface area contributed by atoms with Gasteiger partial charge in [-0.25, -0.2) is 4.99 Å². The number of para-hydroxylation sites is 1. The number of carbonyl (C=O) groups excluding carboxylic acids is 1. The highest BCUT2D eigenvalue weighted by molar-refractivity contribution is 14.0. The number of alkyl halides is 2. The third kappa shape index (κ3) is 6.94. The summed E-state index contributed by atoms with van der Waals surface area (Å²) in [6.45, 7) is 0.430. The van der Waals surface area contributed by atoms with Crippen LogP contribution in [0.1, 0.15) is 30.4 Å². The molecule has 1 unspecified atom stereocenters. The number of fused-ring (bicyclic) bond motifs is 1. The van der Waals surface area contributed by atoms with E-state index in [-0.39, 0.29) is 53.8 Å². The topological polar surface area (TPSA) is 84.0 Å². The predicted octanol–water partition coefficient (Wildman–Crippen LogP) is 4.10. The van der Waals surface area contributed by atoms with Gasteiger partial charge in [0, 0.05) is 31.1 Å². The molecule has 0 spiro atoms. The van der Waals surface area contributed by atoms with Crippen molar-refractivity contribution in [2.24, 2.45) is 4.99 Å². The normalized spacial score (nSPS) is 15.3. The van der Waals surface area contributed by atoms with Gasteiger partial charge in [-0.1, -0.05) is 24.3 Å². The average Bonchev–Trinajstić information content (AvgIpc) is 2.75. The van der Waals surface area contributed by atoms with E-state index < -0.39 is 6.61 Å². The number of nitrogens with zero attached hydrogens (tertiary/aromatic N) is 1. The van der Waals surface area contributed by atoms with E-state index in [1.54, 1.807) is 12.1 Å². The van der Waals surface area contributed by atoms with Crippen LogP contribution in [0.4, 0.5) is 14.5 Å². The number of guanidine groups is 1. The lowest BCUT2D eigenvalue weighted by Gasteiger charge is -2.26. The maximum absolute atomic E-state index is 12.6.